The Balaban J connectivity index is 1.64. The molecule has 174 valence electrons. The van der Waals surface area contributed by atoms with Crippen molar-refractivity contribution in [2.45, 2.75) is 10.8 Å². The van der Waals surface area contributed by atoms with Crippen molar-refractivity contribution in [2.75, 3.05) is 7.11 Å². The summed E-state index contributed by atoms with van der Waals surface area (Å²) in [4.78, 5) is 4.24. The summed E-state index contributed by atoms with van der Waals surface area (Å²) in [7, 11) is -2.11. The largest absolute Gasteiger partial charge is 0.497 e. The van der Waals surface area contributed by atoms with E-state index in [4.69, 9.17) is 22.1 Å². The number of thiophene rings is 1. The van der Waals surface area contributed by atoms with E-state index < -0.39 is 10.0 Å². The van der Waals surface area contributed by atoms with Crippen molar-refractivity contribution in [1.29, 1.82) is 0 Å². The zero-order valence-electron chi connectivity index (χ0n) is 18.2. The summed E-state index contributed by atoms with van der Waals surface area (Å²) in [6.45, 7) is 0.211. The number of ether oxygens (including phenoxy) is 1. The summed E-state index contributed by atoms with van der Waals surface area (Å²) < 4.78 is 32.5. The van der Waals surface area contributed by atoms with Crippen LogP contribution in [0.1, 0.15) is 5.56 Å². The van der Waals surface area contributed by atoms with Crippen LogP contribution in [-0.4, -0.2) is 21.5 Å². The quantitative estimate of drug-likeness (QED) is 0.252. The van der Waals surface area contributed by atoms with Crippen LogP contribution >= 0.6 is 22.9 Å². The topological polar surface area (TPSA) is 93.8 Å². The number of nitrogens with zero attached hydrogens (tertiary/aromatic N) is 1. The molecule has 0 unspecified atom stereocenters. The lowest BCUT2D eigenvalue weighted by Gasteiger charge is -2.13. The number of halogens is 1. The Labute approximate surface area is 207 Å². The molecule has 4 aromatic rings. The van der Waals surface area contributed by atoms with Gasteiger partial charge in [-0.05, 0) is 69.6 Å². The van der Waals surface area contributed by atoms with Crippen molar-refractivity contribution in [3.05, 3.63) is 94.8 Å². The van der Waals surface area contributed by atoms with E-state index in [2.05, 4.69) is 9.71 Å². The highest BCUT2D eigenvalue weighted by atomic mass is 35.5. The maximum Gasteiger partial charge on any atom is 0.273 e. The van der Waals surface area contributed by atoms with E-state index in [1.54, 1.807) is 18.6 Å². The summed E-state index contributed by atoms with van der Waals surface area (Å²) in [6.07, 6.45) is 0. The van der Waals surface area contributed by atoms with Crippen LogP contribution in [0, 0.1) is 0 Å². The number of sulfonamides is 1. The first-order valence-electron chi connectivity index (χ1n) is 10.3. The van der Waals surface area contributed by atoms with Gasteiger partial charge in [-0.15, -0.1) is 11.3 Å². The van der Waals surface area contributed by atoms with Gasteiger partial charge in [-0.2, -0.15) is 0 Å². The van der Waals surface area contributed by atoms with Crippen LogP contribution in [0.2, 0.25) is 5.02 Å². The first-order chi connectivity index (χ1) is 16.4. The van der Waals surface area contributed by atoms with Gasteiger partial charge in [0, 0.05) is 5.02 Å². The Kier molecular flexibility index (Phi) is 7.21. The van der Waals surface area contributed by atoms with Crippen molar-refractivity contribution in [3.63, 3.8) is 0 Å². The molecule has 4 rings (SSSR count). The number of rotatable bonds is 7. The Bertz CT molecular complexity index is 1400. The minimum absolute atomic E-state index is 0.166. The fourth-order valence-electron chi connectivity index (χ4n) is 3.39. The molecule has 0 aliphatic heterocycles. The van der Waals surface area contributed by atoms with Gasteiger partial charge in [-0.3, -0.25) is 0 Å². The number of benzene rings is 3. The van der Waals surface area contributed by atoms with Crippen molar-refractivity contribution in [1.82, 2.24) is 4.72 Å². The molecule has 0 saturated carbocycles. The lowest BCUT2D eigenvalue weighted by molar-refractivity contribution is 0.415. The second-order valence-corrected chi connectivity index (χ2v) is 10.6. The Hall–Kier alpha value is -3.33. The molecule has 6 nitrogen and oxygen atoms in total. The van der Waals surface area contributed by atoms with Crippen LogP contribution in [0.5, 0.6) is 5.75 Å². The maximum atomic E-state index is 12.4. The Morgan fingerprint density at radius 1 is 1.00 bits per heavy atom. The molecule has 0 aliphatic carbocycles. The molecule has 0 aliphatic rings. The third-order valence-corrected chi connectivity index (χ3v) is 8.08. The second kappa shape index (κ2) is 10.3. The fraction of sp³-hybridized carbons (Fsp3) is 0.0800. The van der Waals surface area contributed by atoms with Gasteiger partial charge in [0.15, 0.2) is 0 Å². The normalized spacial score (nSPS) is 11.9. The lowest BCUT2D eigenvalue weighted by Crippen LogP contribution is -2.36. The molecular weight excluding hydrogens is 490 g/mol. The molecule has 0 atom stereocenters. The highest BCUT2D eigenvalue weighted by Gasteiger charge is 2.16. The molecule has 0 fully saturated rings. The highest BCUT2D eigenvalue weighted by Crippen LogP contribution is 2.34. The molecule has 1 heterocycles. The number of aliphatic imine (C=N–C) groups is 1. The van der Waals surface area contributed by atoms with E-state index in [0.717, 1.165) is 44.9 Å². The number of nitrogens with two attached hydrogens (primary N) is 1. The van der Waals surface area contributed by atoms with E-state index in [1.165, 1.54) is 6.07 Å². The summed E-state index contributed by atoms with van der Waals surface area (Å²) in [5.41, 5.74) is 10.8. The first kappa shape index (κ1) is 23.8. The Morgan fingerprint density at radius 2 is 1.68 bits per heavy atom. The first-order valence-corrected chi connectivity index (χ1v) is 13.0. The molecule has 0 amide bonds. The number of guanidine groups is 1. The van der Waals surface area contributed by atoms with Gasteiger partial charge in [0.25, 0.3) is 10.0 Å². The van der Waals surface area contributed by atoms with Crippen LogP contribution in [0.25, 0.3) is 22.3 Å². The van der Waals surface area contributed by atoms with Gasteiger partial charge in [0.1, 0.15) is 9.96 Å². The summed E-state index contributed by atoms with van der Waals surface area (Å²) in [6, 6.07) is 24.6. The molecule has 9 heteroatoms. The molecule has 0 bridgehead atoms. The minimum atomic E-state index is -3.73. The van der Waals surface area contributed by atoms with E-state index in [1.807, 2.05) is 66.7 Å². The van der Waals surface area contributed by atoms with Gasteiger partial charge in [-0.25, -0.2) is 18.1 Å². The van der Waals surface area contributed by atoms with E-state index >= 15 is 0 Å². The second-order valence-electron chi connectivity index (χ2n) is 7.35. The summed E-state index contributed by atoms with van der Waals surface area (Å²) >= 11 is 7.19. The zero-order chi connectivity index (χ0) is 24.1. The van der Waals surface area contributed by atoms with Crippen LogP contribution in [-0.2, 0) is 16.6 Å². The molecule has 3 N–H and O–H groups in total. The van der Waals surface area contributed by atoms with Crippen molar-refractivity contribution in [3.8, 4) is 28.0 Å². The third-order valence-electron chi connectivity index (χ3n) is 5.07. The van der Waals surface area contributed by atoms with E-state index in [-0.39, 0.29) is 16.7 Å². The molecule has 0 saturated heterocycles. The van der Waals surface area contributed by atoms with Gasteiger partial charge >= 0.3 is 0 Å². The monoisotopic (exact) mass is 511 g/mol. The number of nitrogens with one attached hydrogen (secondary N) is 1. The molecule has 0 radical (unpaired) electrons. The number of hydrogen-bond acceptors (Lipinski definition) is 5. The molecule has 3 aromatic carbocycles. The van der Waals surface area contributed by atoms with Crippen LogP contribution < -0.4 is 15.2 Å². The smallest absolute Gasteiger partial charge is 0.273 e. The van der Waals surface area contributed by atoms with E-state index in [9.17, 15) is 8.42 Å². The number of hydrogen-bond donors (Lipinski definition) is 2. The Morgan fingerprint density at radius 3 is 2.32 bits per heavy atom. The standard InChI is InChI=1S/C25H22ClN3O3S2/c1-32-21-11-7-19(8-12-21)23-15-17(4-13-22(23)18-5-9-20(26)10-6-18)16-28-25(27)29-34(30,31)24-3-2-14-33-24/h2-15H,16H2,1H3,(H3,27,28,29). The summed E-state index contributed by atoms with van der Waals surface area (Å²) in [5.74, 6) is 0.601. The van der Waals surface area contributed by atoms with Crippen LogP contribution in [0.3, 0.4) is 0 Å². The predicted octanol–water partition coefficient (Wildman–Crippen LogP) is 5.54. The van der Waals surface area contributed by atoms with Gasteiger partial charge in [0.2, 0.25) is 5.96 Å². The SMILES string of the molecule is COc1ccc(-c2cc(CN=C(N)NS(=O)(=O)c3cccs3)ccc2-c2ccc(Cl)cc2)cc1. The fourth-order valence-corrected chi connectivity index (χ4v) is 5.46. The molecule has 0 spiro atoms. The van der Waals surface area contributed by atoms with E-state index in [0.29, 0.717) is 5.02 Å². The van der Waals surface area contributed by atoms with Crippen LogP contribution in [0.15, 0.2) is 93.4 Å². The number of methoxy groups -OCH3 is 1. The predicted molar refractivity (Wildman–Crippen MR) is 139 cm³/mol. The zero-order valence-corrected chi connectivity index (χ0v) is 20.6. The van der Waals surface area contributed by atoms with Crippen molar-refractivity contribution < 1.29 is 13.2 Å². The third kappa shape index (κ3) is 5.59. The highest BCUT2D eigenvalue weighted by molar-refractivity contribution is 7.92. The molecular formula is C25H22ClN3O3S2. The van der Waals surface area contributed by atoms with Gasteiger partial charge in [0.05, 0.1) is 13.7 Å². The lowest BCUT2D eigenvalue weighted by atomic mass is 9.93. The maximum absolute atomic E-state index is 12.4. The minimum Gasteiger partial charge on any atom is -0.497 e. The summed E-state index contributed by atoms with van der Waals surface area (Å²) in [5, 5.41) is 2.35. The molecule has 1 aromatic heterocycles. The van der Waals surface area contributed by atoms with Gasteiger partial charge in [-0.1, -0.05) is 54.1 Å². The van der Waals surface area contributed by atoms with Crippen molar-refractivity contribution in [2.24, 2.45) is 10.7 Å². The van der Waals surface area contributed by atoms with Gasteiger partial charge < -0.3 is 10.5 Å². The average molecular weight is 512 g/mol. The van der Waals surface area contributed by atoms with Crippen molar-refractivity contribution >= 4 is 38.9 Å². The van der Waals surface area contributed by atoms with Crippen LogP contribution in [0.4, 0.5) is 0 Å². The average Bonchev–Trinajstić information content (AvgIpc) is 3.39. The molecule has 34 heavy (non-hydrogen) atoms.